The van der Waals surface area contributed by atoms with Gasteiger partial charge in [0.25, 0.3) is 0 Å². The molecule has 22 heavy (non-hydrogen) atoms. The van der Waals surface area contributed by atoms with Gasteiger partial charge in [-0.25, -0.2) is 0 Å². The molecule has 0 fully saturated rings. The first kappa shape index (κ1) is 20.1. The fourth-order valence-corrected chi connectivity index (χ4v) is 1.66. The van der Waals surface area contributed by atoms with Crippen molar-refractivity contribution in [3.63, 3.8) is 0 Å². The Balaban J connectivity index is 0.000000478. The molecule has 0 unspecified atom stereocenters. The van der Waals surface area contributed by atoms with Gasteiger partial charge < -0.3 is 10.0 Å². The number of para-hydroxylation sites is 1. The van der Waals surface area contributed by atoms with E-state index in [2.05, 4.69) is 11.2 Å². The van der Waals surface area contributed by atoms with E-state index in [9.17, 15) is 4.79 Å². The van der Waals surface area contributed by atoms with Crippen molar-refractivity contribution in [2.24, 2.45) is 0 Å². The van der Waals surface area contributed by atoms with Crippen LogP contribution in [-0.4, -0.2) is 34.8 Å². The van der Waals surface area contributed by atoms with Crippen molar-refractivity contribution >= 4 is 11.5 Å². The average molecular weight is 479 g/mol. The molecule has 0 saturated heterocycles. The van der Waals surface area contributed by atoms with Crippen molar-refractivity contribution in [3.8, 4) is 5.69 Å². The maximum absolute atomic E-state index is 10.0. The molecule has 0 saturated carbocycles. The number of hydrogen-bond donors (Lipinski definition) is 1. The van der Waals surface area contributed by atoms with Gasteiger partial charge in [0, 0.05) is 38.6 Å². The summed E-state index contributed by atoms with van der Waals surface area (Å²) in [5.74, 6) is -0.0625. The summed E-state index contributed by atoms with van der Waals surface area (Å²) in [5.41, 5.74) is 2.08. The second kappa shape index (κ2) is 9.92. The molecule has 0 atom stereocenters. The maximum atomic E-state index is 10.0. The van der Waals surface area contributed by atoms with E-state index in [1.165, 1.54) is 19.9 Å². The maximum Gasteiger partial charge on any atom is 0.155 e. The van der Waals surface area contributed by atoms with Crippen molar-refractivity contribution < 1.29 is 30.0 Å². The number of aliphatic hydroxyl groups is 1. The first-order valence-electron chi connectivity index (χ1n) is 6.47. The smallest absolute Gasteiger partial charge is 0.155 e. The number of hydrogen-bond acceptors (Lipinski definition) is 4. The van der Waals surface area contributed by atoms with E-state index in [1.54, 1.807) is 6.20 Å². The third-order valence-corrected chi connectivity index (χ3v) is 2.44. The van der Waals surface area contributed by atoms with E-state index in [1.807, 2.05) is 54.1 Å². The summed E-state index contributed by atoms with van der Waals surface area (Å²) in [7, 11) is 4.02. The zero-order valence-corrected chi connectivity index (χ0v) is 15.5. The van der Waals surface area contributed by atoms with Crippen molar-refractivity contribution in [1.82, 2.24) is 9.78 Å². The van der Waals surface area contributed by atoms with Gasteiger partial charge in [-0.3, -0.25) is 9.48 Å². The van der Waals surface area contributed by atoms with Crippen LogP contribution in [0.1, 0.15) is 13.8 Å². The Labute approximate surface area is 144 Å². The van der Waals surface area contributed by atoms with Gasteiger partial charge in [-0.1, -0.05) is 0 Å². The number of carbonyl (C=O) groups is 1. The predicted octanol–water partition coefficient (Wildman–Crippen LogP) is 2.77. The van der Waals surface area contributed by atoms with Gasteiger partial charge in [-0.05, 0) is 45.4 Å². The van der Waals surface area contributed by atoms with Crippen molar-refractivity contribution in [3.05, 3.63) is 54.6 Å². The van der Waals surface area contributed by atoms with E-state index in [4.69, 9.17) is 5.11 Å². The Bertz CT molecular complexity index is 604. The normalized spacial score (nSPS) is 10.1. The SMILES string of the molecule is CC(=O)/C=C(/C)O.CN(C)c1ccc[c-]c1-n1cccn1.[Ir]. The second-order valence-corrected chi connectivity index (χ2v) is 4.65. The minimum absolute atomic E-state index is 0. The molecule has 0 amide bonds. The fourth-order valence-electron chi connectivity index (χ4n) is 1.66. The predicted molar refractivity (Wildman–Crippen MR) is 83.8 cm³/mol. The van der Waals surface area contributed by atoms with Gasteiger partial charge >= 0.3 is 0 Å². The molecule has 5 nitrogen and oxygen atoms in total. The summed E-state index contributed by atoms with van der Waals surface area (Å²) in [4.78, 5) is 12.1. The molecule has 6 heteroatoms. The van der Waals surface area contributed by atoms with Gasteiger partial charge in [-0.2, -0.15) is 23.3 Å². The van der Waals surface area contributed by atoms with Gasteiger partial charge in [0.1, 0.15) is 0 Å². The number of benzene rings is 1. The van der Waals surface area contributed by atoms with Crippen LogP contribution in [0.4, 0.5) is 5.69 Å². The number of rotatable bonds is 3. The summed E-state index contributed by atoms with van der Waals surface area (Å²) in [6, 6.07) is 11.0. The van der Waals surface area contributed by atoms with Crippen LogP contribution in [-0.2, 0) is 24.9 Å². The van der Waals surface area contributed by atoms with Crippen LogP contribution in [0, 0.1) is 6.07 Å². The van der Waals surface area contributed by atoms with E-state index >= 15 is 0 Å². The van der Waals surface area contributed by atoms with Crippen LogP contribution in [0.2, 0.25) is 0 Å². The fraction of sp³-hybridized carbons (Fsp3) is 0.250. The molecule has 1 heterocycles. The Morgan fingerprint density at radius 3 is 2.45 bits per heavy atom. The van der Waals surface area contributed by atoms with E-state index in [-0.39, 0.29) is 31.6 Å². The van der Waals surface area contributed by atoms with E-state index in [0.29, 0.717) is 0 Å². The number of aromatic nitrogens is 2. The van der Waals surface area contributed by atoms with Crippen LogP contribution in [0.25, 0.3) is 5.69 Å². The molecular formula is C16H20IrN3O2-. The summed E-state index contributed by atoms with van der Waals surface area (Å²) in [6.07, 6.45) is 4.85. The summed E-state index contributed by atoms with van der Waals surface area (Å²) in [6.45, 7) is 2.85. The molecule has 0 aliphatic rings. The minimum atomic E-state index is -0.125. The molecule has 0 bridgehead atoms. The van der Waals surface area contributed by atoms with Crippen LogP contribution in [0.5, 0.6) is 0 Å². The van der Waals surface area contributed by atoms with Crippen LogP contribution in [0.15, 0.2) is 48.5 Å². The zero-order chi connectivity index (χ0) is 15.8. The second-order valence-electron chi connectivity index (χ2n) is 4.65. The monoisotopic (exact) mass is 479 g/mol. The Hall–Kier alpha value is -1.91. The molecular weight excluding hydrogens is 458 g/mol. The van der Waals surface area contributed by atoms with Crippen LogP contribution < -0.4 is 4.90 Å². The Morgan fingerprint density at radius 2 is 2.05 bits per heavy atom. The molecule has 2 aromatic rings. The first-order valence-corrected chi connectivity index (χ1v) is 6.47. The number of ketones is 1. The molecule has 2 rings (SSSR count). The van der Waals surface area contributed by atoms with Gasteiger partial charge in [0.15, 0.2) is 5.78 Å². The average Bonchev–Trinajstić information content (AvgIpc) is 2.91. The first-order chi connectivity index (χ1) is 9.91. The van der Waals surface area contributed by atoms with Gasteiger partial charge in [-0.15, -0.1) is 6.07 Å². The number of anilines is 1. The number of allylic oxidation sites excluding steroid dienone is 2. The quantitative estimate of drug-likeness (QED) is 0.419. The van der Waals surface area contributed by atoms with Crippen LogP contribution in [0.3, 0.4) is 0 Å². The molecule has 1 N–H and O–H groups in total. The van der Waals surface area contributed by atoms with Gasteiger partial charge in [0.05, 0.1) is 5.76 Å². The molecule has 0 spiro atoms. The topological polar surface area (TPSA) is 58.4 Å². The number of nitrogens with zero attached hydrogens (tertiary/aromatic N) is 3. The van der Waals surface area contributed by atoms with E-state index in [0.717, 1.165) is 11.4 Å². The Kier molecular flexibility index (Phi) is 9.06. The van der Waals surface area contributed by atoms with Crippen molar-refractivity contribution in [2.75, 3.05) is 19.0 Å². The third kappa shape index (κ3) is 6.70. The zero-order valence-electron chi connectivity index (χ0n) is 13.1. The molecule has 0 aliphatic heterocycles. The largest absolute Gasteiger partial charge is 0.512 e. The minimum Gasteiger partial charge on any atom is -0.512 e. The molecule has 1 aromatic carbocycles. The summed E-state index contributed by atoms with van der Waals surface area (Å²) in [5, 5.41) is 12.6. The third-order valence-electron chi connectivity index (χ3n) is 2.44. The molecule has 121 valence electrons. The standard InChI is InChI=1S/C11H12N3.C5H8O2.Ir/c1-13(2)10-6-3-4-7-11(10)14-9-5-8-12-14;1-4(6)3-5(2)7;/h3-6,8-9H,1-2H3;3,6H,1-2H3;/q-1;;/b;4-3-;. The summed E-state index contributed by atoms with van der Waals surface area (Å²) < 4.78 is 1.81. The molecule has 1 aromatic heterocycles. The Morgan fingerprint density at radius 1 is 1.36 bits per heavy atom. The van der Waals surface area contributed by atoms with Crippen LogP contribution >= 0.6 is 0 Å². The van der Waals surface area contributed by atoms with Crippen molar-refractivity contribution in [2.45, 2.75) is 13.8 Å². The number of aliphatic hydroxyl groups excluding tert-OH is 1. The number of carbonyl (C=O) groups excluding carboxylic acids is 1. The van der Waals surface area contributed by atoms with Gasteiger partial charge in [0.2, 0.25) is 0 Å². The molecule has 1 radical (unpaired) electrons. The molecule has 0 aliphatic carbocycles. The summed E-state index contributed by atoms with van der Waals surface area (Å²) >= 11 is 0. The van der Waals surface area contributed by atoms with Crippen molar-refractivity contribution in [1.29, 1.82) is 0 Å². The van der Waals surface area contributed by atoms with E-state index < -0.39 is 0 Å².